The molecule has 0 saturated carbocycles. The Kier molecular flexibility index (Phi) is 22.5. The summed E-state index contributed by atoms with van der Waals surface area (Å²) in [5, 5.41) is 66.2. The normalized spacial score (nSPS) is 37.0. The van der Waals surface area contributed by atoms with Crippen LogP contribution in [0.15, 0.2) is 28.3 Å². The Balaban J connectivity index is 1.22. The average Bonchev–Trinajstić information content (AvgIpc) is 3.57. The number of likely N-dealkylation sites (N-methyl/N-ethyl adjacent to an activating group) is 1. The summed E-state index contributed by atoms with van der Waals surface area (Å²) < 4.78 is 84.3. The number of aliphatic hydroxyl groups excluding tert-OH is 2. The van der Waals surface area contributed by atoms with E-state index in [0.29, 0.717) is 36.7 Å². The van der Waals surface area contributed by atoms with Crippen LogP contribution in [0.4, 0.5) is 0 Å². The van der Waals surface area contributed by atoms with Gasteiger partial charge in [0.25, 0.3) is 10.1 Å². The standard InChI is InChI=1S/C56H90N4O20S/c1-15-41-56(10,68)48(63)32(4)43(58-74-29-71-13)30(2)24-54(8,67)49(79-53-46(62)40(59(11)12)21-31(3)75-53)33(5)47(34(6)52(66)77-41)78-42-25-55(9,72-14)50(35(7)76-42)80-81(69,70)20-19-57-18-16-17-36-22-37-27-73-28-60-26-39(51(64)65)45(61)38(23-36)44(37)60/h22-23,26,30-35,40-42,46-50,53,57,62-63,67-68H,15-21,24-25,27-29H2,1-14H3,(H,64,65)/b58-43+/t30-,31-,32+,33+,34-,35+,40+,41-,42+,46-,47+,48-,49-,50+,53+,54-,55-,56-/m1/s1. The number of esters is 1. The number of aryl methyl sites for hydroxylation is 1. The molecular weight excluding hydrogens is 1080 g/mol. The first-order valence-electron chi connectivity index (χ1n) is 28.1. The number of oxime groups is 1. The van der Waals surface area contributed by atoms with Gasteiger partial charge in [-0.1, -0.05) is 38.9 Å². The van der Waals surface area contributed by atoms with E-state index in [-0.39, 0.29) is 63.3 Å². The summed E-state index contributed by atoms with van der Waals surface area (Å²) in [6.45, 7) is 17.1. The van der Waals surface area contributed by atoms with Crippen molar-refractivity contribution < 1.29 is 90.5 Å². The summed E-state index contributed by atoms with van der Waals surface area (Å²) in [5.74, 6) is -6.31. The number of nitrogens with one attached hydrogen (secondary N) is 1. The molecule has 0 bridgehead atoms. The molecule has 5 heterocycles. The van der Waals surface area contributed by atoms with Gasteiger partial charge >= 0.3 is 11.9 Å². The number of cyclic esters (lactones) is 1. The highest BCUT2D eigenvalue weighted by atomic mass is 32.2. The fraction of sp³-hybridized carbons (Fsp3) is 0.786. The second-order valence-corrected chi connectivity index (χ2v) is 25.3. The maximum atomic E-state index is 14.7. The first-order chi connectivity index (χ1) is 37.9. The number of pyridine rings is 1. The number of carbonyl (C=O) groups is 2. The summed E-state index contributed by atoms with van der Waals surface area (Å²) in [7, 11) is 2.26. The summed E-state index contributed by atoms with van der Waals surface area (Å²) in [6, 6.07) is 3.23. The maximum absolute atomic E-state index is 14.7. The van der Waals surface area contributed by atoms with Crippen LogP contribution in [0.2, 0.25) is 0 Å². The van der Waals surface area contributed by atoms with Gasteiger partial charge in [0.15, 0.2) is 12.6 Å². The van der Waals surface area contributed by atoms with Crippen molar-refractivity contribution in [2.45, 2.75) is 205 Å². The molecule has 0 aliphatic carbocycles. The fourth-order valence-corrected chi connectivity index (χ4v) is 13.5. The monoisotopic (exact) mass is 1170 g/mol. The molecule has 81 heavy (non-hydrogen) atoms. The molecule has 6 N–H and O–H groups in total. The molecule has 2 aromatic rings. The first-order valence-corrected chi connectivity index (χ1v) is 29.6. The predicted molar refractivity (Wildman–Crippen MR) is 295 cm³/mol. The molecule has 1 aromatic heterocycles. The van der Waals surface area contributed by atoms with Crippen LogP contribution < -0.4 is 10.7 Å². The highest BCUT2D eigenvalue weighted by Crippen LogP contribution is 2.42. The van der Waals surface area contributed by atoms with Gasteiger partial charge in [0.1, 0.15) is 36.2 Å². The Bertz CT molecular complexity index is 2670. The van der Waals surface area contributed by atoms with Gasteiger partial charge in [-0.3, -0.25) is 13.8 Å². The molecular formula is C56H90N4O20S. The Morgan fingerprint density at radius 2 is 1.67 bits per heavy atom. The van der Waals surface area contributed by atoms with Gasteiger partial charge in [-0.15, -0.1) is 0 Å². The van der Waals surface area contributed by atoms with Crippen molar-refractivity contribution in [1.29, 1.82) is 0 Å². The quantitative estimate of drug-likeness (QED) is 0.0364. The van der Waals surface area contributed by atoms with Gasteiger partial charge < -0.3 is 83.0 Å². The van der Waals surface area contributed by atoms with Crippen LogP contribution in [0.25, 0.3) is 10.9 Å². The van der Waals surface area contributed by atoms with Crippen molar-refractivity contribution in [3.8, 4) is 0 Å². The number of carbonyl (C=O) groups excluding carboxylic acids is 1. The van der Waals surface area contributed by atoms with Crippen molar-refractivity contribution >= 4 is 38.7 Å². The maximum Gasteiger partial charge on any atom is 0.341 e. The zero-order valence-corrected chi connectivity index (χ0v) is 50.3. The third-order valence-corrected chi connectivity index (χ3v) is 18.0. The van der Waals surface area contributed by atoms with E-state index in [0.717, 1.165) is 11.1 Å². The third kappa shape index (κ3) is 15.4. The van der Waals surface area contributed by atoms with E-state index in [9.17, 15) is 48.3 Å². The summed E-state index contributed by atoms with van der Waals surface area (Å²) in [5.41, 5.74) is -3.70. The van der Waals surface area contributed by atoms with Gasteiger partial charge in [0, 0.05) is 68.1 Å². The number of rotatable bonds is 20. The van der Waals surface area contributed by atoms with Gasteiger partial charge in [0.05, 0.1) is 71.2 Å². The molecule has 24 nitrogen and oxygen atoms in total. The summed E-state index contributed by atoms with van der Waals surface area (Å²) in [6.07, 6.45) is -8.83. The number of carboxylic acid groups (broad SMARTS) is 1. The van der Waals surface area contributed by atoms with E-state index < -0.39 is 135 Å². The lowest BCUT2D eigenvalue weighted by molar-refractivity contribution is -0.316. The van der Waals surface area contributed by atoms with Crippen LogP contribution in [0.3, 0.4) is 0 Å². The zero-order valence-electron chi connectivity index (χ0n) is 49.5. The van der Waals surface area contributed by atoms with Crippen LogP contribution >= 0.6 is 0 Å². The molecule has 0 spiro atoms. The van der Waals surface area contributed by atoms with E-state index in [1.165, 1.54) is 27.3 Å². The molecule has 460 valence electrons. The minimum absolute atomic E-state index is 0.0300. The second-order valence-electron chi connectivity index (χ2n) is 23.6. The van der Waals surface area contributed by atoms with Crippen LogP contribution in [-0.4, -0.2) is 199 Å². The fourth-order valence-electron chi connectivity index (χ4n) is 12.3. The number of carboxylic acids is 1. The van der Waals surface area contributed by atoms with E-state index in [1.54, 1.807) is 66.0 Å². The topological polar surface area (TPSA) is 311 Å². The van der Waals surface area contributed by atoms with Crippen LogP contribution in [-0.2, 0) is 81.6 Å². The number of aromatic carboxylic acids is 1. The molecule has 0 unspecified atom stereocenters. The van der Waals surface area contributed by atoms with Gasteiger partial charge in [-0.25, -0.2) is 4.79 Å². The highest BCUT2D eigenvalue weighted by Gasteiger charge is 2.54. The minimum Gasteiger partial charge on any atom is -0.477 e. The number of hydrogen-bond acceptors (Lipinski definition) is 22. The van der Waals surface area contributed by atoms with Gasteiger partial charge in [-0.05, 0) is 106 Å². The Morgan fingerprint density at radius 3 is 2.31 bits per heavy atom. The number of aliphatic hydroxyl groups is 4. The van der Waals surface area contributed by atoms with Crippen molar-refractivity contribution in [3.63, 3.8) is 0 Å². The van der Waals surface area contributed by atoms with Crippen molar-refractivity contribution in [2.24, 2.45) is 28.8 Å². The number of nitrogens with zero attached hydrogens (tertiary/aromatic N) is 3. The highest BCUT2D eigenvalue weighted by molar-refractivity contribution is 7.86. The molecule has 18 atom stereocenters. The van der Waals surface area contributed by atoms with Crippen LogP contribution in [0, 0.1) is 23.7 Å². The first kappa shape index (κ1) is 66.4. The number of ether oxygens (including phenoxy) is 8. The molecule has 3 saturated heterocycles. The van der Waals surface area contributed by atoms with E-state index in [1.807, 2.05) is 32.0 Å². The molecule has 0 amide bonds. The Labute approximate surface area is 475 Å². The number of methoxy groups -OCH3 is 2. The van der Waals surface area contributed by atoms with Gasteiger partial charge in [0.2, 0.25) is 12.2 Å². The lowest BCUT2D eigenvalue weighted by Crippen LogP contribution is -2.61. The number of aromatic nitrogens is 1. The van der Waals surface area contributed by atoms with Crippen molar-refractivity contribution in [1.82, 2.24) is 14.8 Å². The molecule has 25 heteroatoms. The van der Waals surface area contributed by atoms with Crippen molar-refractivity contribution in [3.05, 3.63) is 45.2 Å². The second kappa shape index (κ2) is 27.5. The number of hydrogen-bond donors (Lipinski definition) is 6. The third-order valence-electron chi connectivity index (χ3n) is 16.8. The lowest BCUT2D eigenvalue weighted by atomic mass is 9.73. The minimum atomic E-state index is -4.24. The number of benzene rings is 1. The van der Waals surface area contributed by atoms with Gasteiger partial charge in [-0.2, -0.15) is 8.42 Å². The molecule has 1 aromatic carbocycles. The smallest absolute Gasteiger partial charge is 0.341 e. The molecule has 0 radical (unpaired) electrons. The van der Waals surface area contributed by atoms with E-state index in [2.05, 4.69) is 10.5 Å². The van der Waals surface area contributed by atoms with Crippen LogP contribution in [0.5, 0.6) is 0 Å². The van der Waals surface area contributed by atoms with E-state index in [4.69, 9.17) is 46.9 Å². The molecule has 6 rings (SSSR count). The zero-order chi connectivity index (χ0) is 60.1. The van der Waals surface area contributed by atoms with Crippen molar-refractivity contribution in [2.75, 3.05) is 54.0 Å². The summed E-state index contributed by atoms with van der Waals surface area (Å²) in [4.78, 5) is 47.0. The molecule has 3 fully saturated rings. The molecule has 4 aliphatic rings. The summed E-state index contributed by atoms with van der Waals surface area (Å²) >= 11 is 0. The molecule has 4 aliphatic heterocycles. The SMILES string of the molecule is CC[C@H]1OC(=O)[C@H](C)[C@@H](O[C@H]2C[C@@](C)(OC)[C@@H](OS(=O)(=O)CCNCCCc3cc4c5c(c3)c(=O)c(C(=O)O)cn5COC4)[C@H](C)O2)[C@H](C)[C@@H](O[C@@H]2O[C@H](C)C[C@H](N(C)C)[C@H]2O)[C@](C)(O)C[C@@H](C)/C(=N\OCOC)[C@H](C)[C@@H](O)[C@]1(C)O. The largest absolute Gasteiger partial charge is 0.477 e. The van der Waals surface area contributed by atoms with Crippen LogP contribution in [0.1, 0.15) is 123 Å². The lowest BCUT2D eigenvalue weighted by Gasteiger charge is -2.49. The van der Waals surface area contributed by atoms with E-state index >= 15 is 0 Å². The Hall–Kier alpha value is -3.77. The Morgan fingerprint density at radius 1 is 0.963 bits per heavy atom. The predicted octanol–water partition coefficient (Wildman–Crippen LogP) is 3.27. The average molecular weight is 1170 g/mol.